The molecule has 0 aromatic carbocycles. The molecule has 1 aliphatic carbocycles. The minimum absolute atomic E-state index is 0.172. The first kappa shape index (κ1) is 15.3. The molecule has 22 heavy (non-hydrogen) atoms. The van der Waals surface area contributed by atoms with Crippen molar-refractivity contribution in [3.8, 4) is 0 Å². The smallest absolute Gasteiger partial charge is 0.226 e. The Morgan fingerprint density at radius 2 is 2.14 bits per heavy atom. The van der Waals surface area contributed by atoms with E-state index in [1.54, 1.807) is 18.4 Å². The molecule has 0 spiro atoms. The Labute approximate surface area is 131 Å². The van der Waals surface area contributed by atoms with Crippen molar-refractivity contribution in [3.05, 3.63) is 36.3 Å². The number of β-amino-alcohol motifs (C(OH)–C–C–N with tert-alkyl or cyclic N) is 1. The summed E-state index contributed by atoms with van der Waals surface area (Å²) in [4.78, 5) is 16.7. The number of carbonyl (C=O) groups is 1. The predicted octanol–water partition coefficient (Wildman–Crippen LogP) is 1.81. The van der Waals surface area contributed by atoms with Gasteiger partial charge in [0.15, 0.2) is 0 Å². The van der Waals surface area contributed by atoms with E-state index in [4.69, 9.17) is 4.42 Å². The molecule has 1 aromatic rings. The lowest BCUT2D eigenvalue weighted by atomic mass is 9.93. The van der Waals surface area contributed by atoms with Gasteiger partial charge in [-0.05, 0) is 31.4 Å². The van der Waals surface area contributed by atoms with Gasteiger partial charge in [-0.3, -0.25) is 9.69 Å². The maximum Gasteiger partial charge on any atom is 0.226 e. The molecule has 2 atom stereocenters. The third-order valence-electron chi connectivity index (χ3n) is 4.61. The van der Waals surface area contributed by atoms with Crippen molar-refractivity contribution in [2.24, 2.45) is 5.92 Å². The van der Waals surface area contributed by atoms with Crippen LogP contribution in [-0.4, -0.2) is 53.5 Å². The highest BCUT2D eigenvalue weighted by molar-refractivity contribution is 5.79. The third kappa shape index (κ3) is 3.59. The Morgan fingerprint density at radius 3 is 2.77 bits per heavy atom. The molecule has 1 aliphatic heterocycles. The summed E-state index contributed by atoms with van der Waals surface area (Å²) < 4.78 is 5.23. The molecule has 120 valence electrons. The summed E-state index contributed by atoms with van der Waals surface area (Å²) in [5.74, 6) is 1.08. The van der Waals surface area contributed by atoms with Crippen LogP contribution in [0.3, 0.4) is 0 Å². The number of hydrogen-bond donors (Lipinski definition) is 1. The number of allylic oxidation sites excluding steroid dienone is 2. The standard InChI is InChI=1S/C17H24N2O3/c20-15(16-7-4-12-22-16)13-18-8-10-19(11-9-18)17(21)14-5-2-1-3-6-14/h1-2,4,7,12,14-15,20H,3,5-6,8-11,13H2/t14-,15+/m0/s1. The van der Waals surface area contributed by atoms with Crippen LogP contribution in [0.25, 0.3) is 0 Å². The van der Waals surface area contributed by atoms with Crippen LogP contribution in [-0.2, 0) is 4.79 Å². The van der Waals surface area contributed by atoms with Gasteiger partial charge in [0.2, 0.25) is 5.91 Å². The predicted molar refractivity (Wildman–Crippen MR) is 83.2 cm³/mol. The zero-order valence-corrected chi connectivity index (χ0v) is 12.9. The van der Waals surface area contributed by atoms with E-state index < -0.39 is 6.10 Å². The van der Waals surface area contributed by atoms with Gasteiger partial charge in [-0.25, -0.2) is 0 Å². The van der Waals surface area contributed by atoms with Gasteiger partial charge in [0.1, 0.15) is 11.9 Å². The van der Waals surface area contributed by atoms with Crippen LogP contribution in [0.1, 0.15) is 31.1 Å². The number of aliphatic hydroxyl groups is 1. The zero-order chi connectivity index (χ0) is 15.4. The molecule has 0 radical (unpaired) electrons. The summed E-state index contributed by atoms with van der Waals surface area (Å²) in [5, 5.41) is 10.1. The number of aliphatic hydroxyl groups excluding tert-OH is 1. The van der Waals surface area contributed by atoms with E-state index in [0.29, 0.717) is 18.2 Å². The monoisotopic (exact) mass is 304 g/mol. The topological polar surface area (TPSA) is 56.9 Å². The fourth-order valence-electron chi connectivity index (χ4n) is 3.24. The largest absolute Gasteiger partial charge is 0.467 e. The average molecular weight is 304 g/mol. The molecule has 0 bridgehead atoms. The second kappa shape index (κ2) is 7.11. The summed E-state index contributed by atoms with van der Waals surface area (Å²) in [7, 11) is 0. The molecule has 3 rings (SSSR count). The molecular formula is C17H24N2O3. The van der Waals surface area contributed by atoms with Crippen molar-refractivity contribution < 1.29 is 14.3 Å². The van der Waals surface area contributed by atoms with Gasteiger partial charge in [-0.2, -0.15) is 0 Å². The van der Waals surface area contributed by atoms with E-state index in [1.807, 2.05) is 4.90 Å². The molecule has 1 saturated heterocycles. The molecule has 1 amide bonds. The van der Waals surface area contributed by atoms with E-state index in [-0.39, 0.29) is 5.92 Å². The molecule has 2 aliphatic rings. The number of furan rings is 1. The fourth-order valence-corrected chi connectivity index (χ4v) is 3.24. The number of piperazine rings is 1. The molecule has 0 saturated carbocycles. The maximum absolute atomic E-state index is 12.5. The third-order valence-corrected chi connectivity index (χ3v) is 4.61. The Hall–Kier alpha value is -1.59. The first-order valence-electron chi connectivity index (χ1n) is 8.11. The van der Waals surface area contributed by atoms with Crippen LogP contribution in [0.2, 0.25) is 0 Å². The van der Waals surface area contributed by atoms with Crippen molar-refractivity contribution in [3.63, 3.8) is 0 Å². The Bertz CT molecular complexity index is 504. The van der Waals surface area contributed by atoms with Crippen molar-refractivity contribution in [2.75, 3.05) is 32.7 Å². The van der Waals surface area contributed by atoms with Gasteiger partial charge in [0, 0.05) is 38.6 Å². The van der Waals surface area contributed by atoms with Crippen LogP contribution in [0.5, 0.6) is 0 Å². The van der Waals surface area contributed by atoms with Gasteiger partial charge in [0.25, 0.3) is 0 Å². The normalized spacial score (nSPS) is 24.4. The summed E-state index contributed by atoms with van der Waals surface area (Å²) >= 11 is 0. The number of amides is 1. The van der Waals surface area contributed by atoms with Gasteiger partial charge in [0.05, 0.1) is 6.26 Å². The molecule has 1 aromatic heterocycles. The van der Waals surface area contributed by atoms with Crippen LogP contribution in [0.4, 0.5) is 0 Å². The second-order valence-electron chi connectivity index (χ2n) is 6.14. The van der Waals surface area contributed by atoms with Crippen LogP contribution in [0.15, 0.2) is 35.0 Å². The minimum Gasteiger partial charge on any atom is -0.467 e. The Balaban J connectivity index is 1.46. The van der Waals surface area contributed by atoms with Gasteiger partial charge < -0.3 is 14.4 Å². The average Bonchev–Trinajstić information content (AvgIpc) is 3.10. The lowest BCUT2D eigenvalue weighted by molar-refractivity contribution is -0.137. The van der Waals surface area contributed by atoms with Crippen molar-refractivity contribution in [1.29, 1.82) is 0 Å². The molecule has 2 heterocycles. The van der Waals surface area contributed by atoms with Crippen LogP contribution < -0.4 is 0 Å². The summed E-state index contributed by atoms with van der Waals surface area (Å²) in [6, 6.07) is 3.58. The first-order chi connectivity index (χ1) is 10.7. The lowest BCUT2D eigenvalue weighted by Gasteiger charge is -2.37. The number of rotatable bonds is 4. The zero-order valence-electron chi connectivity index (χ0n) is 12.9. The van der Waals surface area contributed by atoms with Crippen LogP contribution in [0, 0.1) is 5.92 Å². The molecule has 0 unspecified atom stereocenters. The van der Waals surface area contributed by atoms with E-state index in [0.717, 1.165) is 45.4 Å². The first-order valence-corrected chi connectivity index (χ1v) is 8.11. The molecule has 5 nitrogen and oxygen atoms in total. The molecule has 1 fully saturated rings. The van der Waals surface area contributed by atoms with Crippen molar-refractivity contribution >= 4 is 5.91 Å². The SMILES string of the molecule is O=C([C@H]1CC=CCC1)N1CCN(C[C@@H](O)c2ccco2)CC1. The molecule has 5 heteroatoms. The minimum atomic E-state index is -0.597. The van der Waals surface area contributed by atoms with E-state index in [2.05, 4.69) is 17.1 Å². The van der Waals surface area contributed by atoms with Crippen molar-refractivity contribution in [1.82, 2.24) is 9.80 Å². The number of nitrogens with zero attached hydrogens (tertiary/aromatic N) is 2. The lowest BCUT2D eigenvalue weighted by Crippen LogP contribution is -2.51. The quantitative estimate of drug-likeness (QED) is 0.862. The highest BCUT2D eigenvalue weighted by Gasteiger charge is 2.28. The fraction of sp³-hybridized carbons (Fsp3) is 0.588. The van der Waals surface area contributed by atoms with Crippen molar-refractivity contribution in [2.45, 2.75) is 25.4 Å². The second-order valence-corrected chi connectivity index (χ2v) is 6.14. The highest BCUT2D eigenvalue weighted by atomic mass is 16.4. The number of hydrogen-bond acceptors (Lipinski definition) is 4. The maximum atomic E-state index is 12.5. The van der Waals surface area contributed by atoms with Gasteiger partial charge in [-0.1, -0.05) is 12.2 Å². The summed E-state index contributed by atoms with van der Waals surface area (Å²) in [6.45, 7) is 3.69. The molecular weight excluding hydrogens is 280 g/mol. The van der Waals surface area contributed by atoms with E-state index in [9.17, 15) is 9.90 Å². The Morgan fingerprint density at radius 1 is 1.32 bits per heavy atom. The van der Waals surface area contributed by atoms with Gasteiger partial charge in [-0.15, -0.1) is 0 Å². The molecule has 1 N–H and O–H groups in total. The van der Waals surface area contributed by atoms with Crippen LogP contribution >= 0.6 is 0 Å². The van der Waals surface area contributed by atoms with E-state index in [1.165, 1.54) is 0 Å². The number of carbonyl (C=O) groups excluding carboxylic acids is 1. The summed E-state index contributed by atoms with van der Waals surface area (Å²) in [6.07, 6.45) is 8.16. The summed E-state index contributed by atoms with van der Waals surface area (Å²) in [5.41, 5.74) is 0. The van der Waals surface area contributed by atoms with E-state index >= 15 is 0 Å². The Kier molecular flexibility index (Phi) is 4.95. The van der Waals surface area contributed by atoms with Gasteiger partial charge >= 0.3 is 0 Å². The highest BCUT2D eigenvalue weighted by Crippen LogP contribution is 2.22.